The molecule has 0 saturated heterocycles. The highest BCUT2D eigenvalue weighted by Crippen LogP contribution is 2.31. The monoisotopic (exact) mass is 511 g/mol. The Kier molecular flexibility index (Phi) is 6.39. The van der Waals surface area contributed by atoms with Crippen LogP contribution in [0.4, 0.5) is 0 Å². The highest BCUT2D eigenvalue weighted by molar-refractivity contribution is 9.10. The van der Waals surface area contributed by atoms with E-state index in [-0.39, 0.29) is 17.3 Å². The number of benzene rings is 3. The molecule has 3 aromatic carbocycles. The molecule has 4 rings (SSSR count). The summed E-state index contributed by atoms with van der Waals surface area (Å²) in [4.78, 5) is 29.0. The van der Waals surface area contributed by atoms with Crippen LogP contribution in [0.5, 0.6) is 11.5 Å². The lowest BCUT2D eigenvalue weighted by atomic mass is 10.1. The van der Waals surface area contributed by atoms with Crippen molar-refractivity contribution in [1.82, 2.24) is 0 Å². The Morgan fingerprint density at radius 1 is 1.06 bits per heavy atom. The number of hydrogen-bond acceptors (Lipinski definition) is 6. The molecule has 0 radical (unpaired) electrons. The van der Waals surface area contributed by atoms with Crippen molar-refractivity contribution < 1.29 is 23.8 Å². The summed E-state index contributed by atoms with van der Waals surface area (Å²) in [5, 5.41) is 0.429. The molecule has 1 aliphatic rings. The number of methoxy groups -OCH3 is 1. The number of carbonyl (C=O) groups excluding carboxylic acids is 2. The molecule has 0 amide bonds. The van der Waals surface area contributed by atoms with Crippen molar-refractivity contribution in [1.29, 1.82) is 0 Å². The number of ether oxygens (including phenoxy) is 3. The van der Waals surface area contributed by atoms with E-state index in [2.05, 4.69) is 20.9 Å². The Labute approximate surface area is 197 Å². The molecule has 0 unspecified atom stereocenters. The van der Waals surface area contributed by atoms with Crippen LogP contribution in [-0.4, -0.2) is 24.9 Å². The van der Waals surface area contributed by atoms with Crippen LogP contribution in [0.15, 0.2) is 81.9 Å². The zero-order valence-corrected chi connectivity index (χ0v) is 19.0. The SMILES string of the molecule is COc1cc(/C=C2\N=C(c3ccccc3Cl)OC2=O)ccc1OC(=O)c1ccccc1Br. The number of esters is 2. The average molecular weight is 513 g/mol. The van der Waals surface area contributed by atoms with Crippen molar-refractivity contribution in [2.24, 2.45) is 4.99 Å². The van der Waals surface area contributed by atoms with E-state index in [4.69, 9.17) is 25.8 Å². The van der Waals surface area contributed by atoms with Crippen molar-refractivity contribution in [3.8, 4) is 11.5 Å². The van der Waals surface area contributed by atoms with Gasteiger partial charge in [0.05, 0.1) is 23.3 Å². The summed E-state index contributed by atoms with van der Waals surface area (Å²) < 4.78 is 16.7. The number of halogens is 2. The van der Waals surface area contributed by atoms with Crippen LogP contribution >= 0.6 is 27.5 Å². The number of aliphatic imine (C=N–C) groups is 1. The van der Waals surface area contributed by atoms with Gasteiger partial charge in [-0.25, -0.2) is 14.6 Å². The van der Waals surface area contributed by atoms with E-state index in [0.29, 0.717) is 31.9 Å². The third-order valence-electron chi connectivity index (χ3n) is 4.51. The zero-order valence-electron chi connectivity index (χ0n) is 16.7. The summed E-state index contributed by atoms with van der Waals surface area (Å²) >= 11 is 9.49. The Hall–Kier alpha value is -3.42. The fourth-order valence-corrected chi connectivity index (χ4v) is 3.62. The molecule has 8 heteroatoms. The average Bonchev–Trinajstić information content (AvgIpc) is 3.15. The van der Waals surface area contributed by atoms with Crippen LogP contribution < -0.4 is 9.47 Å². The molecule has 1 heterocycles. The Bertz CT molecular complexity index is 1280. The van der Waals surface area contributed by atoms with Crippen molar-refractivity contribution in [3.05, 3.63) is 98.6 Å². The van der Waals surface area contributed by atoms with Crippen molar-refractivity contribution in [3.63, 3.8) is 0 Å². The van der Waals surface area contributed by atoms with Crippen LogP contribution in [0.25, 0.3) is 6.08 Å². The van der Waals surface area contributed by atoms with E-state index in [9.17, 15) is 9.59 Å². The largest absolute Gasteiger partial charge is 0.493 e. The van der Waals surface area contributed by atoms with Crippen LogP contribution in [0.1, 0.15) is 21.5 Å². The van der Waals surface area contributed by atoms with E-state index in [0.717, 1.165) is 0 Å². The molecule has 160 valence electrons. The minimum absolute atomic E-state index is 0.111. The van der Waals surface area contributed by atoms with Crippen molar-refractivity contribution in [2.45, 2.75) is 0 Å². The molecular weight excluding hydrogens is 498 g/mol. The number of carbonyl (C=O) groups is 2. The standard InChI is InChI=1S/C24H15BrClNO5/c1-30-21-13-14(10-11-20(21)31-23(28)15-6-2-4-8-17(15)25)12-19-24(29)32-22(27-19)16-7-3-5-9-18(16)26/h2-13H,1H3/b19-12-. The second-order valence-corrected chi connectivity index (χ2v) is 7.86. The molecule has 32 heavy (non-hydrogen) atoms. The molecule has 0 bridgehead atoms. The molecule has 1 aliphatic heterocycles. The van der Waals surface area contributed by atoms with E-state index in [1.165, 1.54) is 7.11 Å². The summed E-state index contributed by atoms with van der Waals surface area (Å²) in [6.07, 6.45) is 1.55. The molecule has 6 nitrogen and oxygen atoms in total. The summed E-state index contributed by atoms with van der Waals surface area (Å²) in [5.74, 6) is -0.428. The summed E-state index contributed by atoms with van der Waals surface area (Å²) in [5.41, 5.74) is 1.63. The molecule has 0 atom stereocenters. The lowest BCUT2D eigenvalue weighted by molar-refractivity contribution is -0.129. The quantitative estimate of drug-likeness (QED) is 0.250. The molecule has 0 aromatic heterocycles. The number of rotatable bonds is 5. The van der Waals surface area contributed by atoms with Gasteiger partial charge in [-0.1, -0.05) is 41.9 Å². The molecular formula is C24H15BrClNO5. The fraction of sp³-hybridized carbons (Fsp3) is 0.0417. The van der Waals surface area contributed by atoms with Gasteiger partial charge < -0.3 is 14.2 Å². The molecule has 0 saturated carbocycles. The highest BCUT2D eigenvalue weighted by Gasteiger charge is 2.25. The van der Waals surface area contributed by atoms with Gasteiger partial charge in [0, 0.05) is 4.47 Å². The number of hydrogen-bond donors (Lipinski definition) is 0. The van der Waals surface area contributed by atoms with E-state index in [1.807, 2.05) is 0 Å². The van der Waals surface area contributed by atoms with Crippen LogP contribution in [-0.2, 0) is 9.53 Å². The normalized spacial score (nSPS) is 14.2. The molecule has 0 fully saturated rings. The molecule has 0 N–H and O–H groups in total. The minimum Gasteiger partial charge on any atom is -0.493 e. The Morgan fingerprint density at radius 2 is 1.81 bits per heavy atom. The first-order valence-electron chi connectivity index (χ1n) is 9.38. The maximum Gasteiger partial charge on any atom is 0.363 e. The molecule has 0 spiro atoms. The van der Waals surface area contributed by atoms with Gasteiger partial charge in [0.2, 0.25) is 5.90 Å². The van der Waals surface area contributed by atoms with Crippen molar-refractivity contribution >= 4 is 51.4 Å². The van der Waals surface area contributed by atoms with Gasteiger partial charge in [0.25, 0.3) is 0 Å². The van der Waals surface area contributed by atoms with E-state index >= 15 is 0 Å². The fourth-order valence-electron chi connectivity index (χ4n) is 2.96. The second kappa shape index (κ2) is 9.38. The van der Waals surface area contributed by atoms with Crippen LogP contribution in [0.3, 0.4) is 0 Å². The third-order valence-corrected chi connectivity index (χ3v) is 5.53. The van der Waals surface area contributed by atoms with Crippen molar-refractivity contribution in [2.75, 3.05) is 7.11 Å². The first-order chi connectivity index (χ1) is 15.5. The predicted octanol–water partition coefficient (Wildman–Crippen LogP) is 5.67. The predicted molar refractivity (Wildman–Crippen MR) is 124 cm³/mol. The number of cyclic esters (lactones) is 1. The van der Waals surface area contributed by atoms with E-state index < -0.39 is 11.9 Å². The summed E-state index contributed by atoms with van der Waals surface area (Å²) in [7, 11) is 1.46. The van der Waals surface area contributed by atoms with Gasteiger partial charge in [0.1, 0.15) is 0 Å². The molecule has 3 aromatic rings. The minimum atomic E-state index is -0.594. The number of nitrogens with zero attached hydrogens (tertiary/aromatic N) is 1. The van der Waals surface area contributed by atoms with E-state index in [1.54, 1.807) is 72.8 Å². The smallest absolute Gasteiger partial charge is 0.363 e. The first kappa shape index (κ1) is 21.8. The second-order valence-electron chi connectivity index (χ2n) is 6.60. The Balaban J connectivity index is 1.60. The molecule has 0 aliphatic carbocycles. The first-order valence-corrected chi connectivity index (χ1v) is 10.6. The van der Waals surface area contributed by atoms with Gasteiger partial charge in [-0.2, -0.15) is 0 Å². The third kappa shape index (κ3) is 4.59. The lowest BCUT2D eigenvalue weighted by Gasteiger charge is -2.10. The zero-order chi connectivity index (χ0) is 22.7. The summed E-state index contributed by atoms with van der Waals surface area (Å²) in [6.45, 7) is 0. The van der Waals surface area contributed by atoms with Gasteiger partial charge in [-0.3, -0.25) is 0 Å². The highest BCUT2D eigenvalue weighted by atomic mass is 79.9. The topological polar surface area (TPSA) is 74.2 Å². The van der Waals surface area contributed by atoms with Gasteiger partial charge >= 0.3 is 11.9 Å². The lowest BCUT2D eigenvalue weighted by Crippen LogP contribution is -2.10. The van der Waals surface area contributed by atoms with Gasteiger partial charge in [0.15, 0.2) is 17.2 Å². The van der Waals surface area contributed by atoms with Gasteiger partial charge in [-0.15, -0.1) is 0 Å². The van der Waals surface area contributed by atoms with Gasteiger partial charge in [-0.05, 0) is 64.0 Å². The maximum atomic E-state index is 12.5. The van der Waals surface area contributed by atoms with Crippen LogP contribution in [0.2, 0.25) is 5.02 Å². The summed E-state index contributed by atoms with van der Waals surface area (Å²) in [6, 6.07) is 18.8. The Morgan fingerprint density at radius 3 is 2.56 bits per heavy atom. The van der Waals surface area contributed by atoms with Crippen LogP contribution in [0, 0.1) is 0 Å². The maximum absolute atomic E-state index is 12.5.